The molecule has 2 fully saturated rings. The van der Waals surface area contributed by atoms with E-state index in [1.165, 1.54) is 0 Å². The highest BCUT2D eigenvalue weighted by Gasteiger charge is 2.39. The summed E-state index contributed by atoms with van der Waals surface area (Å²) in [7, 11) is 1.68. The number of methoxy groups -OCH3 is 1. The summed E-state index contributed by atoms with van der Waals surface area (Å²) in [4.78, 5) is 32.4. The Hall–Kier alpha value is -2.51. The Bertz CT molecular complexity index is 913. The SMILES string of the molecule is COCCC1(NC(=O)C2CCOCC2)CCN(C(=O)c2nccc3ccccc23)CC1. The molecular formula is C24H31N3O4. The van der Waals surface area contributed by atoms with E-state index in [9.17, 15) is 9.59 Å². The minimum Gasteiger partial charge on any atom is -0.385 e. The van der Waals surface area contributed by atoms with Crippen LogP contribution in [-0.4, -0.2) is 67.3 Å². The molecule has 2 aliphatic rings. The number of ether oxygens (including phenoxy) is 2. The van der Waals surface area contributed by atoms with Crippen molar-refractivity contribution in [3.05, 3.63) is 42.2 Å². The van der Waals surface area contributed by atoms with E-state index in [-0.39, 0.29) is 23.3 Å². The summed E-state index contributed by atoms with van der Waals surface area (Å²) in [5.74, 6) is 0.0653. The molecule has 0 atom stereocenters. The number of piperidine rings is 1. The number of carbonyl (C=O) groups is 2. The molecule has 7 heteroatoms. The summed E-state index contributed by atoms with van der Waals surface area (Å²) in [6.45, 7) is 3.03. The Labute approximate surface area is 183 Å². The summed E-state index contributed by atoms with van der Waals surface area (Å²) < 4.78 is 10.7. The fourth-order valence-corrected chi connectivity index (χ4v) is 4.64. The van der Waals surface area contributed by atoms with Gasteiger partial charge in [0.2, 0.25) is 5.91 Å². The van der Waals surface area contributed by atoms with Gasteiger partial charge in [-0.25, -0.2) is 0 Å². The van der Waals surface area contributed by atoms with E-state index >= 15 is 0 Å². The van der Waals surface area contributed by atoms with Gasteiger partial charge < -0.3 is 19.7 Å². The average Bonchev–Trinajstić information content (AvgIpc) is 2.83. The predicted molar refractivity (Wildman–Crippen MR) is 118 cm³/mol. The number of carbonyl (C=O) groups excluding carboxylic acids is 2. The standard InChI is InChI=1S/C24H31N3O4/c1-30-17-11-24(26-22(28)19-7-15-31-16-8-19)9-13-27(14-10-24)23(29)21-20-5-3-2-4-18(20)6-12-25-21/h2-6,12,19H,7-11,13-17H2,1H3,(H,26,28). The van der Waals surface area contributed by atoms with E-state index in [1.54, 1.807) is 13.3 Å². The Morgan fingerprint density at radius 1 is 1.19 bits per heavy atom. The number of benzene rings is 1. The second-order valence-electron chi connectivity index (χ2n) is 8.57. The molecule has 0 unspecified atom stereocenters. The van der Waals surface area contributed by atoms with Gasteiger partial charge in [0.15, 0.2) is 0 Å². The topological polar surface area (TPSA) is 80.8 Å². The summed E-state index contributed by atoms with van der Waals surface area (Å²) in [6.07, 6.45) is 5.39. The number of nitrogens with one attached hydrogen (secondary N) is 1. The van der Waals surface area contributed by atoms with Gasteiger partial charge in [-0.1, -0.05) is 24.3 Å². The maximum Gasteiger partial charge on any atom is 0.273 e. The van der Waals surface area contributed by atoms with Crippen molar-refractivity contribution < 1.29 is 19.1 Å². The summed E-state index contributed by atoms with van der Waals surface area (Å²) in [5, 5.41) is 5.22. The zero-order chi connectivity index (χ0) is 21.7. The van der Waals surface area contributed by atoms with Crippen LogP contribution in [0.2, 0.25) is 0 Å². The number of likely N-dealkylation sites (tertiary alicyclic amines) is 1. The molecule has 31 heavy (non-hydrogen) atoms. The lowest BCUT2D eigenvalue weighted by atomic mass is 9.83. The van der Waals surface area contributed by atoms with Gasteiger partial charge in [0.25, 0.3) is 5.91 Å². The van der Waals surface area contributed by atoms with E-state index < -0.39 is 0 Å². The molecule has 0 bridgehead atoms. The molecular weight excluding hydrogens is 394 g/mol. The average molecular weight is 426 g/mol. The van der Waals surface area contributed by atoms with Crippen molar-refractivity contribution in [3.63, 3.8) is 0 Å². The van der Waals surface area contributed by atoms with Crippen molar-refractivity contribution >= 4 is 22.6 Å². The molecule has 1 aromatic heterocycles. The molecule has 2 aromatic rings. The number of hydrogen-bond donors (Lipinski definition) is 1. The number of rotatable bonds is 6. The van der Waals surface area contributed by atoms with E-state index in [1.807, 2.05) is 35.2 Å². The number of amides is 2. The molecule has 166 valence electrons. The molecule has 0 aliphatic carbocycles. The quantitative estimate of drug-likeness (QED) is 0.770. The first-order chi connectivity index (χ1) is 15.1. The van der Waals surface area contributed by atoms with Gasteiger partial charge in [0, 0.05) is 63.1 Å². The van der Waals surface area contributed by atoms with Gasteiger partial charge >= 0.3 is 0 Å². The zero-order valence-corrected chi connectivity index (χ0v) is 18.1. The minimum atomic E-state index is -0.339. The van der Waals surface area contributed by atoms with Gasteiger partial charge in [-0.05, 0) is 43.6 Å². The molecule has 3 heterocycles. The summed E-state index contributed by atoms with van der Waals surface area (Å²) >= 11 is 0. The number of fused-ring (bicyclic) bond motifs is 1. The first-order valence-electron chi connectivity index (χ1n) is 11.1. The zero-order valence-electron chi connectivity index (χ0n) is 18.1. The van der Waals surface area contributed by atoms with Gasteiger partial charge in [-0.2, -0.15) is 0 Å². The molecule has 1 aromatic carbocycles. The van der Waals surface area contributed by atoms with Crippen LogP contribution in [0.25, 0.3) is 10.8 Å². The Morgan fingerprint density at radius 2 is 1.94 bits per heavy atom. The molecule has 4 rings (SSSR count). The van der Waals surface area contributed by atoms with Crippen LogP contribution in [-0.2, 0) is 14.3 Å². The third-order valence-corrected chi connectivity index (χ3v) is 6.65. The lowest BCUT2D eigenvalue weighted by molar-refractivity contribution is -0.130. The first-order valence-corrected chi connectivity index (χ1v) is 11.1. The van der Waals surface area contributed by atoms with Crippen LogP contribution in [0.4, 0.5) is 0 Å². The van der Waals surface area contributed by atoms with Crippen LogP contribution in [0.1, 0.15) is 42.6 Å². The molecule has 1 N–H and O–H groups in total. The van der Waals surface area contributed by atoms with E-state index in [0.717, 1.165) is 30.0 Å². The molecule has 0 radical (unpaired) electrons. The Kier molecular flexibility index (Phi) is 6.83. The number of aromatic nitrogens is 1. The van der Waals surface area contributed by atoms with Crippen LogP contribution in [0, 0.1) is 5.92 Å². The van der Waals surface area contributed by atoms with Gasteiger partial charge in [-0.3, -0.25) is 14.6 Å². The normalized spacial score (nSPS) is 19.3. The lowest BCUT2D eigenvalue weighted by Crippen LogP contribution is -2.58. The third-order valence-electron chi connectivity index (χ3n) is 6.65. The van der Waals surface area contributed by atoms with Crippen molar-refractivity contribution in [3.8, 4) is 0 Å². The van der Waals surface area contributed by atoms with Crippen molar-refractivity contribution in [1.29, 1.82) is 0 Å². The van der Waals surface area contributed by atoms with Crippen molar-refractivity contribution in [2.75, 3.05) is 40.0 Å². The number of nitrogens with zero attached hydrogens (tertiary/aromatic N) is 2. The first kappa shape index (κ1) is 21.7. The van der Waals surface area contributed by atoms with Crippen molar-refractivity contribution in [2.24, 2.45) is 5.92 Å². The molecule has 2 amide bonds. The van der Waals surface area contributed by atoms with E-state index in [2.05, 4.69) is 10.3 Å². The highest BCUT2D eigenvalue weighted by molar-refractivity contribution is 6.05. The smallest absolute Gasteiger partial charge is 0.273 e. The van der Waals surface area contributed by atoms with E-state index in [4.69, 9.17) is 9.47 Å². The largest absolute Gasteiger partial charge is 0.385 e. The summed E-state index contributed by atoms with van der Waals surface area (Å²) in [5.41, 5.74) is 0.155. The maximum atomic E-state index is 13.2. The minimum absolute atomic E-state index is 0.00714. The van der Waals surface area contributed by atoms with Gasteiger partial charge in [-0.15, -0.1) is 0 Å². The van der Waals surface area contributed by atoms with Crippen LogP contribution in [0.5, 0.6) is 0 Å². The predicted octanol–water partition coefficient (Wildman–Crippen LogP) is 2.79. The molecule has 0 spiro atoms. The fourth-order valence-electron chi connectivity index (χ4n) is 4.64. The monoisotopic (exact) mass is 425 g/mol. The highest BCUT2D eigenvalue weighted by atomic mass is 16.5. The van der Waals surface area contributed by atoms with Crippen molar-refractivity contribution in [2.45, 2.75) is 37.6 Å². The molecule has 2 aliphatic heterocycles. The Balaban J connectivity index is 1.45. The lowest BCUT2D eigenvalue weighted by Gasteiger charge is -2.43. The number of hydrogen-bond acceptors (Lipinski definition) is 5. The molecule has 0 saturated carbocycles. The molecule has 7 nitrogen and oxygen atoms in total. The number of pyridine rings is 1. The van der Waals surface area contributed by atoms with Crippen LogP contribution >= 0.6 is 0 Å². The Morgan fingerprint density at radius 3 is 2.68 bits per heavy atom. The molecule has 2 saturated heterocycles. The third kappa shape index (κ3) is 4.88. The summed E-state index contributed by atoms with van der Waals surface area (Å²) in [6, 6.07) is 9.74. The van der Waals surface area contributed by atoms with Crippen LogP contribution < -0.4 is 5.32 Å². The maximum absolute atomic E-state index is 13.2. The second kappa shape index (κ2) is 9.75. The van der Waals surface area contributed by atoms with E-state index in [0.29, 0.717) is 51.4 Å². The van der Waals surface area contributed by atoms with Gasteiger partial charge in [0.05, 0.1) is 0 Å². The van der Waals surface area contributed by atoms with Crippen LogP contribution in [0.15, 0.2) is 36.5 Å². The fraction of sp³-hybridized carbons (Fsp3) is 0.542. The van der Waals surface area contributed by atoms with Crippen molar-refractivity contribution in [1.82, 2.24) is 15.2 Å². The van der Waals surface area contributed by atoms with Crippen LogP contribution in [0.3, 0.4) is 0 Å². The second-order valence-corrected chi connectivity index (χ2v) is 8.57. The highest BCUT2D eigenvalue weighted by Crippen LogP contribution is 2.29. The van der Waals surface area contributed by atoms with Gasteiger partial charge in [0.1, 0.15) is 5.69 Å².